The first-order chi connectivity index (χ1) is 5.05. The molecule has 1 aliphatic heterocycles. The quantitative estimate of drug-likeness (QED) is 0.606. The van der Waals surface area contributed by atoms with Crippen molar-refractivity contribution in [3.05, 3.63) is 0 Å². The van der Waals surface area contributed by atoms with Gasteiger partial charge in [-0.2, -0.15) is 0 Å². The van der Waals surface area contributed by atoms with Crippen LogP contribution in [0.1, 0.15) is 0 Å². The third-order valence-corrected chi connectivity index (χ3v) is 1.53. The number of nitrogens with one attached hydrogen (secondary N) is 1. The Bertz CT molecular complexity index is 164. The van der Waals surface area contributed by atoms with Crippen molar-refractivity contribution in [3.8, 4) is 0 Å². The molecular weight excluding hydrogens is 154 g/mol. The summed E-state index contributed by atoms with van der Waals surface area (Å²) in [6, 6.07) is 0. The molecule has 0 unspecified atom stereocenters. The van der Waals surface area contributed by atoms with Crippen LogP contribution in [-0.4, -0.2) is 43.4 Å². The van der Waals surface area contributed by atoms with Crippen molar-refractivity contribution >= 4 is 5.91 Å². The lowest BCUT2D eigenvalue weighted by molar-refractivity contribution is -0.164. The predicted octanol–water partition coefficient (Wildman–Crippen LogP) is -0.317. The number of nitrogens with zero attached hydrogens (tertiary/aromatic N) is 1. The Kier molecular flexibility index (Phi) is 2.08. The summed E-state index contributed by atoms with van der Waals surface area (Å²) in [7, 11) is 1.61. The van der Waals surface area contributed by atoms with Gasteiger partial charge in [0.05, 0.1) is 19.6 Å². The second kappa shape index (κ2) is 2.73. The van der Waals surface area contributed by atoms with Crippen LogP contribution in [0.3, 0.4) is 0 Å². The number of hydrogen-bond acceptors (Lipinski definition) is 2. The molecule has 0 aromatic rings. The van der Waals surface area contributed by atoms with E-state index in [9.17, 15) is 13.6 Å². The fourth-order valence-corrected chi connectivity index (χ4v) is 0.952. The van der Waals surface area contributed by atoms with Gasteiger partial charge in [-0.1, -0.05) is 0 Å². The van der Waals surface area contributed by atoms with E-state index in [1.54, 1.807) is 7.05 Å². The lowest BCUT2D eigenvalue weighted by atomic mass is 10.1. The maximum absolute atomic E-state index is 12.2. The molecule has 1 rings (SSSR count). The maximum atomic E-state index is 12.2. The molecule has 64 valence electrons. The summed E-state index contributed by atoms with van der Waals surface area (Å²) in [5.74, 6) is -2.91. The smallest absolute Gasteiger partial charge is 0.282 e. The topological polar surface area (TPSA) is 32.3 Å². The van der Waals surface area contributed by atoms with E-state index in [1.807, 2.05) is 0 Å². The minimum atomic E-state index is -2.65. The Morgan fingerprint density at radius 2 is 2.18 bits per heavy atom. The fraction of sp³-hybridized carbons (Fsp3) is 0.833. The van der Waals surface area contributed by atoms with Crippen molar-refractivity contribution in [3.63, 3.8) is 0 Å². The van der Waals surface area contributed by atoms with E-state index in [0.29, 0.717) is 0 Å². The summed E-state index contributed by atoms with van der Waals surface area (Å²) in [4.78, 5) is 12.0. The highest BCUT2D eigenvalue weighted by atomic mass is 19.3. The van der Waals surface area contributed by atoms with Crippen molar-refractivity contribution in [2.24, 2.45) is 0 Å². The van der Waals surface area contributed by atoms with E-state index in [-0.39, 0.29) is 12.5 Å². The standard InChI is InChI=1S/C6H10F2N2O/c1-9-2-5(11)10-3-6(7,8)4-10/h9H,2-4H2,1H3. The molecule has 3 nitrogen and oxygen atoms in total. The molecule has 1 saturated heterocycles. The second-order valence-corrected chi connectivity index (χ2v) is 2.64. The molecule has 1 N–H and O–H groups in total. The zero-order valence-corrected chi connectivity index (χ0v) is 6.23. The molecule has 0 aromatic carbocycles. The summed E-state index contributed by atoms with van der Waals surface area (Å²) < 4.78 is 24.3. The lowest BCUT2D eigenvalue weighted by Gasteiger charge is -2.38. The predicted molar refractivity (Wildman–Crippen MR) is 35.5 cm³/mol. The number of halogens is 2. The number of likely N-dealkylation sites (tertiary alicyclic amines) is 1. The number of hydrogen-bond donors (Lipinski definition) is 1. The number of amides is 1. The van der Waals surface area contributed by atoms with Crippen LogP contribution in [0.5, 0.6) is 0 Å². The van der Waals surface area contributed by atoms with Gasteiger partial charge in [-0.3, -0.25) is 4.79 Å². The molecule has 5 heteroatoms. The van der Waals surface area contributed by atoms with Crippen LogP contribution >= 0.6 is 0 Å². The monoisotopic (exact) mass is 164 g/mol. The van der Waals surface area contributed by atoms with E-state index in [2.05, 4.69) is 5.32 Å². The van der Waals surface area contributed by atoms with Crippen LogP contribution in [0, 0.1) is 0 Å². The molecule has 1 fully saturated rings. The Hall–Kier alpha value is -0.710. The van der Waals surface area contributed by atoms with Crippen molar-refractivity contribution in [1.29, 1.82) is 0 Å². The third-order valence-electron chi connectivity index (χ3n) is 1.53. The average molecular weight is 164 g/mol. The van der Waals surface area contributed by atoms with Crippen LogP contribution in [0.2, 0.25) is 0 Å². The Labute approximate surface area is 63.4 Å². The number of likely N-dealkylation sites (N-methyl/N-ethyl adjacent to an activating group) is 1. The van der Waals surface area contributed by atoms with Crippen molar-refractivity contribution in [2.45, 2.75) is 5.92 Å². The SMILES string of the molecule is CNCC(=O)N1CC(F)(F)C1. The van der Waals surface area contributed by atoms with Crippen LogP contribution in [0.15, 0.2) is 0 Å². The van der Waals surface area contributed by atoms with Crippen molar-refractivity contribution in [2.75, 3.05) is 26.7 Å². The highest BCUT2D eigenvalue weighted by Gasteiger charge is 2.45. The summed E-state index contributed by atoms with van der Waals surface area (Å²) in [6.07, 6.45) is 0. The minimum absolute atomic E-state index is 0.135. The minimum Gasteiger partial charge on any atom is -0.329 e. The van der Waals surface area contributed by atoms with Crippen LogP contribution in [0.25, 0.3) is 0 Å². The van der Waals surface area contributed by atoms with Crippen LogP contribution < -0.4 is 5.32 Å². The number of rotatable bonds is 2. The van der Waals surface area contributed by atoms with Gasteiger partial charge in [0.25, 0.3) is 5.92 Å². The highest BCUT2D eigenvalue weighted by molar-refractivity contribution is 5.79. The van der Waals surface area contributed by atoms with Gasteiger partial charge in [-0.25, -0.2) is 8.78 Å². The van der Waals surface area contributed by atoms with Crippen LogP contribution in [-0.2, 0) is 4.79 Å². The van der Waals surface area contributed by atoms with E-state index >= 15 is 0 Å². The first kappa shape index (κ1) is 8.39. The molecule has 0 bridgehead atoms. The average Bonchev–Trinajstić information content (AvgIpc) is 1.83. The first-order valence-corrected chi connectivity index (χ1v) is 3.35. The molecule has 11 heavy (non-hydrogen) atoms. The van der Waals surface area contributed by atoms with Gasteiger partial charge in [-0.15, -0.1) is 0 Å². The lowest BCUT2D eigenvalue weighted by Crippen LogP contribution is -2.59. The van der Waals surface area contributed by atoms with Crippen molar-refractivity contribution < 1.29 is 13.6 Å². The molecule has 0 spiro atoms. The molecular formula is C6H10F2N2O. The van der Waals surface area contributed by atoms with Gasteiger partial charge < -0.3 is 10.2 Å². The number of alkyl halides is 2. The second-order valence-electron chi connectivity index (χ2n) is 2.64. The molecule has 0 atom stereocenters. The van der Waals surface area contributed by atoms with Gasteiger partial charge in [0, 0.05) is 0 Å². The summed E-state index contributed by atoms with van der Waals surface area (Å²) in [5, 5.41) is 2.61. The Morgan fingerprint density at radius 1 is 1.64 bits per heavy atom. The number of carbonyl (C=O) groups is 1. The summed E-state index contributed by atoms with van der Waals surface area (Å²) in [5.41, 5.74) is 0. The van der Waals surface area contributed by atoms with Crippen molar-refractivity contribution in [1.82, 2.24) is 10.2 Å². The Balaban J connectivity index is 2.27. The molecule has 0 radical (unpaired) electrons. The molecule has 0 saturated carbocycles. The highest BCUT2D eigenvalue weighted by Crippen LogP contribution is 2.26. The van der Waals surface area contributed by atoms with Gasteiger partial charge in [-0.05, 0) is 7.05 Å². The normalized spacial score (nSPS) is 21.2. The zero-order valence-electron chi connectivity index (χ0n) is 6.23. The molecule has 0 aliphatic carbocycles. The molecule has 1 aliphatic rings. The largest absolute Gasteiger partial charge is 0.329 e. The third kappa shape index (κ3) is 1.86. The van der Waals surface area contributed by atoms with Gasteiger partial charge >= 0.3 is 0 Å². The van der Waals surface area contributed by atoms with E-state index in [1.165, 1.54) is 0 Å². The van der Waals surface area contributed by atoms with Gasteiger partial charge in [0.2, 0.25) is 5.91 Å². The number of carbonyl (C=O) groups excluding carboxylic acids is 1. The zero-order chi connectivity index (χ0) is 8.48. The maximum Gasteiger partial charge on any atom is 0.282 e. The summed E-state index contributed by atoms with van der Waals surface area (Å²) in [6.45, 7) is -0.711. The molecule has 0 aromatic heterocycles. The first-order valence-electron chi connectivity index (χ1n) is 3.35. The van der Waals surface area contributed by atoms with E-state index in [0.717, 1.165) is 4.90 Å². The van der Waals surface area contributed by atoms with E-state index < -0.39 is 19.0 Å². The van der Waals surface area contributed by atoms with Gasteiger partial charge in [0.15, 0.2) is 0 Å². The van der Waals surface area contributed by atoms with E-state index in [4.69, 9.17) is 0 Å². The van der Waals surface area contributed by atoms with Gasteiger partial charge in [0.1, 0.15) is 0 Å². The summed E-state index contributed by atoms with van der Waals surface area (Å²) >= 11 is 0. The molecule has 1 heterocycles. The van der Waals surface area contributed by atoms with Crippen LogP contribution in [0.4, 0.5) is 8.78 Å². The molecule has 1 amide bonds. The Morgan fingerprint density at radius 3 is 2.55 bits per heavy atom. The fourth-order valence-electron chi connectivity index (χ4n) is 0.952.